The molecule has 1 aliphatic carbocycles. The summed E-state index contributed by atoms with van der Waals surface area (Å²) in [7, 11) is 0. The van der Waals surface area contributed by atoms with Gasteiger partial charge in [-0.1, -0.05) is 44.4 Å². The Morgan fingerprint density at radius 3 is 2.67 bits per heavy atom. The quantitative estimate of drug-likeness (QED) is 0.734. The number of hydrogen-bond donors (Lipinski definition) is 1. The molecule has 27 heavy (non-hydrogen) atoms. The van der Waals surface area contributed by atoms with E-state index in [2.05, 4.69) is 5.32 Å². The zero-order valence-electron chi connectivity index (χ0n) is 16.3. The Hall–Kier alpha value is -1.69. The van der Waals surface area contributed by atoms with Gasteiger partial charge in [-0.25, -0.2) is 9.59 Å². The predicted molar refractivity (Wildman–Crippen MR) is 110 cm³/mol. The van der Waals surface area contributed by atoms with Crippen molar-refractivity contribution >= 4 is 29.4 Å². The minimum atomic E-state index is -0.502. The topological polar surface area (TPSA) is 58.6 Å². The Kier molecular flexibility index (Phi) is 7.05. The summed E-state index contributed by atoms with van der Waals surface area (Å²) in [5.41, 5.74) is 1.81. The van der Waals surface area contributed by atoms with Crippen molar-refractivity contribution in [1.82, 2.24) is 4.90 Å². The van der Waals surface area contributed by atoms with Gasteiger partial charge in [0.05, 0.1) is 12.0 Å². The van der Waals surface area contributed by atoms with Gasteiger partial charge in [0.25, 0.3) is 0 Å². The summed E-state index contributed by atoms with van der Waals surface area (Å²) in [4.78, 5) is 27.6. The molecule has 3 rings (SSSR count). The highest BCUT2D eigenvalue weighted by Gasteiger charge is 2.45. The van der Waals surface area contributed by atoms with Crippen LogP contribution in [-0.4, -0.2) is 40.7 Å². The lowest BCUT2D eigenvalue weighted by Crippen LogP contribution is -2.50. The second-order valence-electron chi connectivity index (χ2n) is 7.46. The number of esters is 1. The van der Waals surface area contributed by atoms with E-state index in [0.717, 1.165) is 30.5 Å². The third kappa shape index (κ3) is 4.78. The van der Waals surface area contributed by atoms with Gasteiger partial charge in [-0.15, -0.1) is 11.8 Å². The molecule has 0 bridgehead atoms. The van der Waals surface area contributed by atoms with Crippen molar-refractivity contribution in [2.24, 2.45) is 5.92 Å². The molecule has 1 heterocycles. The van der Waals surface area contributed by atoms with Crippen LogP contribution in [-0.2, 0) is 9.53 Å². The molecular formula is C21H30N2O3S. The lowest BCUT2D eigenvalue weighted by Gasteiger charge is -2.35. The Balaban J connectivity index is 1.79. The average molecular weight is 391 g/mol. The fraction of sp³-hybridized carbons (Fsp3) is 0.619. The second kappa shape index (κ2) is 9.49. The number of thioether (sulfide) groups is 1. The second-order valence-corrected chi connectivity index (χ2v) is 8.61. The summed E-state index contributed by atoms with van der Waals surface area (Å²) in [5, 5.41) is 3.08. The monoisotopic (exact) mass is 390 g/mol. The predicted octanol–water partition coefficient (Wildman–Crippen LogP) is 4.80. The Labute approximate surface area is 166 Å². The number of carbonyl (C=O) groups excluding carboxylic acids is 2. The van der Waals surface area contributed by atoms with Gasteiger partial charge in [-0.05, 0) is 43.7 Å². The molecule has 6 heteroatoms. The first kappa shape index (κ1) is 20.1. The molecule has 2 unspecified atom stereocenters. The number of amides is 2. The molecule has 5 nitrogen and oxygen atoms in total. The molecule has 1 saturated carbocycles. The van der Waals surface area contributed by atoms with E-state index in [1.54, 1.807) is 16.7 Å². The van der Waals surface area contributed by atoms with E-state index < -0.39 is 6.04 Å². The molecule has 2 aliphatic rings. The van der Waals surface area contributed by atoms with Gasteiger partial charge in [0.1, 0.15) is 6.04 Å². The number of urea groups is 1. The molecule has 1 aliphatic heterocycles. The van der Waals surface area contributed by atoms with Crippen LogP contribution in [0.25, 0.3) is 0 Å². The van der Waals surface area contributed by atoms with Crippen molar-refractivity contribution in [3.63, 3.8) is 0 Å². The van der Waals surface area contributed by atoms with Crippen LogP contribution in [0, 0.1) is 12.8 Å². The van der Waals surface area contributed by atoms with Gasteiger partial charge in [-0.3, -0.25) is 4.90 Å². The van der Waals surface area contributed by atoms with Crippen molar-refractivity contribution in [2.75, 3.05) is 17.7 Å². The Morgan fingerprint density at radius 1 is 1.22 bits per heavy atom. The Morgan fingerprint density at radius 2 is 1.96 bits per heavy atom. The largest absolute Gasteiger partial charge is 0.464 e. The zero-order valence-corrected chi connectivity index (χ0v) is 17.1. The number of nitrogens with zero attached hydrogens (tertiary/aromatic N) is 1. The first-order valence-corrected chi connectivity index (χ1v) is 11.1. The smallest absolute Gasteiger partial charge is 0.329 e. The maximum atomic E-state index is 13.2. The van der Waals surface area contributed by atoms with E-state index in [1.165, 1.54) is 19.3 Å². The number of hydrogen-bond acceptors (Lipinski definition) is 4. The molecular weight excluding hydrogens is 360 g/mol. The van der Waals surface area contributed by atoms with Gasteiger partial charge in [-0.2, -0.15) is 0 Å². The molecule has 0 spiro atoms. The average Bonchev–Trinajstić information content (AvgIpc) is 3.14. The summed E-state index contributed by atoms with van der Waals surface area (Å²) in [5.74, 6) is 0.795. The SMILES string of the molecule is CCCOC(=O)C1CSC(C2CCCCC2)N1C(=O)Nc1ccccc1C. The van der Waals surface area contributed by atoms with Crippen molar-refractivity contribution in [3.8, 4) is 0 Å². The molecule has 2 atom stereocenters. The molecule has 0 aromatic heterocycles. The maximum absolute atomic E-state index is 13.2. The van der Waals surface area contributed by atoms with Gasteiger partial charge < -0.3 is 10.1 Å². The summed E-state index contributed by atoms with van der Waals surface area (Å²) >= 11 is 1.73. The number of para-hydroxylation sites is 1. The van der Waals surface area contributed by atoms with Crippen molar-refractivity contribution in [2.45, 2.75) is 63.8 Å². The summed E-state index contributed by atoms with van der Waals surface area (Å²) in [6, 6.07) is 7.04. The first-order valence-electron chi connectivity index (χ1n) is 10.0. The number of nitrogens with one attached hydrogen (secondary N) is 1. The van der Waals surface area contributed by atoms with Crippen molar-refractivity contribution < 1.29 is 14.3 Å². The fourth-order valence-corrected chi connectivity index (χ4v) is 5.56. The van der Waals surface area contributed by atoms with Gasteiger partial charge in [0, 0.05) is 11.4 Å². The van der Waals surface area contributed by atoms with Gasteiger partial charge in [0.2, 0.25) is 0 Å². The normalized spacial score (nSPS) is 23.3. The van der Waals surface area contributed by atoms with E-state index in [-0.39, 0.29) is 17.4 Å². The molecule has 148 valence electrons. The van der Waals surface area contributed by atoms with E-state index in [9.17, 15) is 9.59 Å². The van der Waals surface area contributed by atoms with E-state index in [1.807, 2.05) is 38.1 Å². The number of rotatable bonds is 5. The van der Waals surface area contributed by atoms with Crippen LogP contribution in [0.5, 0.6) is 0 Å². The molecule has 2 amide bonds. The van der Waals surface area contributed by atoms with Crippen LogP contribution in [0.3, 0.4) is 0 Å². The maximum Gasteiger partial charge on any atom is 0.329 e. The summed E-state index contributed by atoms with van der Waals surface area (Å²) < 4.78 is 5.39. The number of carbonyl (C=O) groups is 2. The van der Waals surface area contributed by atoms with Gasteiger partial charge >= 0.3 is 12.0 Å². The molecule has 1 saturated heterocycles. The summed E-state index contributed by atoms with van der Waals surface area (Å²) in [6.45, 7) is 4.35. The Bertz CT molecular complexity index is 661. The minimum absolute atomic E-state index is 0.0495. The van der Waals surface area contributed by atoms with E-state index >= 15 is 0 Å². The molecule has 1 N–H and O–H groups in total. The van der Waals surface area contributed by atoms with Crippen LogP contribution >= 0.6 is 11.8 Å². The van der Waals surface area contributed by atoms with Crippen LogP contribution in [0.15, 0.2) is 24.3 Å². The molecule has 1 aromatic rings. The fourth-order valence-electron chi connectivity index (χ4n) is 3.94. The molecule has 0 radical (unpaired) electrons. The van der Waals surface area contributed by atoms with E-state index in [4.69, 9.17) is 4.74 Å². The number of anilines is 1. The van der Waals surface area contributed by atoms with Crippen LogP contribution in [0.4, 0.5) is 10.5 Å². The molecule has 1 aromatic carbocycles. The molecule has 2 fully saturated rings. The van der Waals surface area contributed by atoms with Crippen molar-refractivity contribution in [3.05, 3.63) is 29.8 Å². The summed E-state index contributed by atoms with van der Waals surface area (Å²) in [6.07, 6.45) is 6.73. The highest BCUT2D eigenvalue weighted by atomic mass is 32.2. The highest BCUT2D eigenvalue weighted by Crippen LogP contribution is 2.41. The lowest BCUT2D eigenvalue weighted by atomic mass is 9.88. The minimum Gasteiger partial charge on any atom is -0.464 e. The standard InChI is InChI=1S/C21H30N2O3S/c1-3-13-26-20(24)18-14-27-19(16-10-5-4-6-11-16)23(18)21(25)22-17-12-8-7-9-15(17)2/h7-9,12,16,18-19H,3-6,10-11,13-14H2,1-2H3,(H,22,25). The van der Waals surface area contributed by atoms with Crippen LogP contribution in [0.2, 0.25) is 0 Å². The third-order valence-corrected chi connectivity index (χ3v) is 6.89. The van der Waals surface area contributed by atoms with E-state index in [0.29, 0.717) is 18.3 Å². The first-order chi connectivity index (χ1) is 13.1. The zero-order chi connectivity index (χ0) is 19.2. The number of aryl methyl sites for hydroxylation is 1. The lowest BCUT2D eigenvalue weighted by molar-refractivity contribution is -0.148. The number of ether oxygens (including phenoxy) is 1. The third-order valence-electron chi connectivity index (χ3n) is 5.43. The van der Waals surface area contributed by atoms with Crippen LogP contribution in [0.1, 0.15) is 51.0 Å². The van der Waals surface area contributed by atoms with Crippen molar-refractivity contribution in [1.29, 1.82) is 0 Å². The van der Waals surface area contributed by atoms with Crippen LogP contribution < -0.4 is 5.32 Å². The number of benzene rings is 1. The highest BCUT2D eigenvalue weighted by molar-refractivity contribution is 8.00. The van der Waals surface area contributed by atoms with Gasteiger partial charge in [0.15, 0.2) is 0 Å².